The number of aromatic nitrogens is 1. The number of ketones is 1. The first-order valence-electron chi connectivity index (χ1n) is 5.98. The molecule has 5 nitrogen and oxygen atoms in total. The molecule has 8 heteroatoms. The fraction of sp³-hybridized carbons (Fsp3) is 0.636. The highest BCUT2D eigenvalue weighted by molar-refractivity contribution is 8.01. The van der Waals surface area contributed by atoms with E-state index >= 15 is 0 Å². The topological polar surface area (TPSA) is 67.3 Å². The van der Waals surface area contributed by atoms with Crippen LogP contribution in [0.4, 0.5) is 5.13 Å². The predicted molar refractivity (Wildman–Crippen MR) is 80.0 cm³/mol. The second kappa shape index (κ2) is 5.80. The fourth-order valence-corrected chi connectivity index (χ4v) is 5.77. The van der Waals surface area contributed by atoms with Gasteiger partial charge in [-0.05, 0) is 0 Å². The molecular weight excluding hydrogens is 304 g/mol. The molecule has 1 aromatic heterocycles. The predicted octanol–water partition coefficient (Wildman–Crippen LogP) is 1.66. The molecule has 2 heterocycles. The molecule has 0 saturated carbocycles. The molecule has 0 bridgehead atoms. The lowest BCUT2D eigenvalue weighted by atomic mass is 10.4. The molecule has 1 saturated heterocycles. The molecule has 0 N–H and O–H groups in total. The first-order chi connectivity index (χ1) is 8.95. The maximum atomic E-state index is 12.1. The van der Waals surface area contributed by atoms with Crippen molar-refractivity contribution in [1.82, 2.24) is 4.98 Å². The third-order valence-corrected chi connectivity index (χ3v) is 7.41. The van der Waals surface area contributed by atoms with Crippen molar-refractivity contribution in [2.24, 2.45) is 0 Å². The van der Waals surface area contributed by atoms with E-state index in [4.69, 9.17) is 0 Å². The Balaban J connectivity index is 2.31. The van der Waals surface area contributed by atoms with Crippen molar-refractivity contribution in [3.05, 3.63) is 11.1 Å². The molecule has 1 unspecified atom stereocenters. The Morgan fingerprint density at radius 2 is 2.32 bits per heavy atom. The number of thioether (sulfide) groups is 1. The lowest BCUT2D eigenvalue weighted by molar-refractivity contribution is 0.102. The van der Waals surface area contributed by atoms with E-state index in [1.165, 1.54) is 24.5 Å². The molecule has 1 fully saturated rings. The summed E-state index contributed by atoms with van der Waals surface area (Å²) >= 11 is 2.92. The summed E-state index contributed by atoms with van der Waals surface area (Å²) in [5.41, 5.74) is 0. The summed E-state index contributed by atoms with van der Waals surface area (Å²) in [7, 11) is -3.14. The molecule has 1 atom stereocenters. The van der Waals surface area contributed by atoms with Crippen LogP contribution in [-0.2, 0) is 9.84 Å². The minimum Gasteiger partial charge on any atom is -0.329 e. The quantitative estimate of drug-likeness (QED) is 0.786. The van der Waals surface area contributed by atoms with Crippen LogP contribution in [-0.4, -0.2) is 48.4 Å². The Kier molecular flexibility index (Phi) is 4.52. The monoisotopic (exact) mass is 320 g/mol. The van der Waals surface area contributed by atoms with Gasteiger partial charge in [-0.2, -0.15) is 11.8 Å². The lowest BCUT2D eigenvalue weighted by Crippen LogP contribution is -2.47. The van der Waals surface area contributed by atoms with Gasteiger partial charge < -0.3 is 4.90 Å². The van der Waals surface area contributed by atoms with Crippen LogP contribution in [0.5, 0.6) is 0 Å². The van der Waals surface area contributed by atoms with Gasteiger partial charge in [0.25, 0.3) is 0 Å². The summed E-state index contributed by atoms with van der Waals surface area (Å²) in [4.78, 5) is 17.9. The number of Topliss-reactive ketones (excluding diaryl/α,β-unsaturated/α-hetero) is 1. The number of hydrogen-bond acceptors (Lipinski definition) is 7. The van der Waals surface area contributed by atoms with Crippen LogP contribution in [0.25, 0.3) is 0 Å². The first kappa shape index (κ1) is 14.8. The van der Waals surface area contributed by atoms with Gasteiger partial charge >= 0.3 is 0 Å². The minimum absolute atomic E-state index is 0.0370. The van der Waals surface area contributed by atoms with E-state index in [0.29, 0.717) is 22.3 Å². The zero-order chi connectivity index (χ0) is 14.0. The first-order valence-corrected chi connectivity index (χ1v) is 9.67. The highest BCUT2D eigenvalue weighted by atomic mass is 32.2. The van der Waals surface area contributed by atoms with Crippen molar-refractivity contribution in [2.45, 2.75) is 19.2 Å². The van der Waals surface area contributed by atoms with Crippen molar-refractivity contribution < 1.29 is 13.2 Å². The van der Waals surface area contributed by atoms with E-state index in [2.05, 4.69) is 4.98 Å². The molecule has 0 aromatic carbocycles. The highest BCUT2D eigenvalue weighted by Gasteiger charge is 2.34. The van der Waals surface area contributed by atoms with Gasteiger partial charge in [-0.25, -0.2) is 13.4 Å². The highest BCUT2D eigenvalue weighted by Crippen LogP contribution is 2.30. The molecule has 0 radical (unpaired) electrons. The summed E-state index contributed by atoms with van der Waals surface area (Å²) < 4.78 is 24.3. The van der Waals surface area contributed by atoms with E-state index < -0.39 is 15.2 Å². The van der Waals surface area contributed by atoms with Crippen LogP contribution in [0.1, 0.15) is 23.5 Å². The molecule has 1 aliphatic rings. The van der Waals surface area contributed by atoms with Crippen LogP contribution in [0, 0.1) is 0 Å². The van der Waals surface area contributed by atoms with Crippen LogP contribution in [0.15, 0.2) is 6.20 Å². The maximum absolute atomic E-state index is 12.1. The minimum atomic E-state index is -3.14. The van der Waals surface area contributed by atoms with Crippen molar-refractivity contribution in [3.8, 4) is 0 Å². The summed E-state index contributed by atoms with van der Waals surface area (Å²) in [5.74, 6) is 1.53. The third kappa shape index (κ3) is 3.11. The molecular formula is C11H16N2O3S3. The maximum Gasteiger partial charge on any atom is 0.187 e. The van der Waals surface area contributed by atoms with E-state index in [-0.39, 0.29) is 11.5 Å². The molecule has 1 aromatic rings. The largest absolute Gasteiger partial charge is 0.329 e. The van der Waals surface area contributed by atoms with Gasteiger partial charge in [-0.3, -0.25) is 4.79 Å². The summed E-state index contributed by atoms with van der Waals surface area (Å²) in [6.07, 6.45) is 1.53. The van der Waals surface area contributed by atoms with Gasteiger partial charge in [0, 0.05) is 30.7 Å². The zero-order valence-electron chi connectivity index (χ0n) is 10.8. The van der Waals surface area contributed by atoms with Crippen molar-refractivity contribution in [1.29, 1.82) is 0 Å². The molecule has 0 spiro atoms. The van der Waals surface area contributed by atoms with Crippen LogP contribution < -0.4 is 4.90 Å². The average molecular weight is 320 g/mol. The van der Waals surface area contributed by atoms with Crippen molar-refractivity contribution in [3.63, 3.8) is 0 Å². The van der Waals surface area contributed by atoms with Crippen molar-refractivity contribution in [2.75, 3.05) is 28.7 Å². The van der Waals surface area contributed by atoms with Gasteiger partial charge in [-0.1, -0.05) is 18.3 Å². The summed E-state index contributed by atoms with van der Waals surface area (Å²) in [5, 5.41) is 0.106. The number of anilines is 1. The molecule has 0 amide bonds. The van der Waals surface area contributed by atoms with Gasteiger partial charge in [0.2, 0.25) is 0 Å². The number of carbonyl (C=O) groups is 1. The Morgan fingerprint density at radius 1 is 1.58 bits per heavy atom. The molecule has 0 aliphatic carbocycles. The van der Waals surface area contributed by atoms with Crippen molar-refractivity contribution >= 4 is 43.9 Å². The number of carbonyl (C=O) groups excluding carboxylic acids is 1. The van der Waals surface area contributed by atoms with E-state index in [1.807, 2.05) is 4.90 Å². The normalized spacial score (nSPS) is 20.5. The van der Waals surface area contributed by atoms with E-state index in [9.17, 15) is 13.2 Å². The average Bonchev–Trinajstić information content (AvgIpc) is 2.88. The number of hydrogen-bond donors (Lipinski definition) is 0. The SMILES string of the molecule is CCS(=O)(=O)C1CSCCN1c1ncc(C(C)=O)s1. The molecule has 2 rings (SSSR count). The smallest absolute Gasteiger partial charge is 0.187 e. The number of thiazole rings is 1. The van der Waals surface area contributed by atoms with E-state index in [0.717, 1.165) is 5.75 Å². The van der Waals surface area contributed by atoms with Crippen LogP contribution >= 0.6 is 23.1 Å². The second-order valence-electron chi connectivity index (χ2n) is 4.24. The number of nitrogens with zero attached hydrogens (tertiary/aromatic N) is 2. The summed E-state index contributed by atoms with van der Waals surface area (Å²) in [6, 6.07) is 0. The molecule has 19 heavy (non-hydrogen) atoms. The second-order valence-corrected chi connectivity index (χ2v) is 8.84. The fourth-order valence-electron chi connectivity index (χ4n) is 1.85. The Morgan fingerprint density at radius 3 is 2.89 bits per heavy atom. The number of rotatable bonds is 4. The van der Waals surface area contributed by atoms with Gasteiger partial charge in [0.15, 0.2) is 20.8 Å². The Hall–Kier alpha value is -0.600. The molecule has 1 aliphatic heterocycles. The van der Waals surface area contributed by atoms with Gasteiger partial charge in [-0.15, -0.1) is 0 Å². The van der Waals surface area contributed by atoms with Crippen LogP contribution in [0.3, 0.4) is 0 Å². The lowest BCUT2D eigenvalue weighted by Gasteiger charge is -2.34. The van der Waals surface area contributed by atoms with Gasteiger partial charge in [0.05, 0.1) is 11.1 Å². The van der Waals surface area contributed by atoms with Gasteiger partial charge in [0.1, 0.15) is 5.37 Å². The third-order valence-electron chi connectivity index (χ3n) is 2.99. The standard InChI is InChI=1S/C11H16N2O3S3/c1-3-19(15,16)10-7-17-5-4-13(10)11-12-6-9(18-11)8(2)14/h6,10H,3-5,7H2,1-2H3. The molecule has 106 valence electrons. The zero-order valence-corrected chi connectivity index (χ0v) is 13.3. The number of sulfone groups is 1. The van der Waals surface area contributed by atoms with Crippen LogP contribution in [0.2, 0.25) is 0 Å². The Labute approximate surface area is 121 Å². The van der Waals surface area contributed by atoms with E-state index in [1.54, 1.807) is 18.7 Å². The summed E-state index contributed by atoms with van der Waals surface area (Å²) in [6.45, 7) is 3.80. The Bertz CT molecular complexity index is 567.